The second kappa shape index (κ2) is 7.31. The molecule has 0 saturated heterocycles. The molecule has 0 N–H and O–H groups in total. The van der Waals surface area contributed by atoms with Crippen molar-refractivity contribution >= 4 is 0 Å². The average Bonchev–Trinajstić information content (AvgIpc) is 2.02. The van der Waals surface area contributed by atoms with Gasteiger partial charge in [-0.15, -0.1) is 0 Å². The molecule has 0 aliphatic heterocycles. The second-order valence-electron chi connectivity index (χ2n) is 3.63. The number of halogens is 1. The van der Waals surface area contributed by atoms with Gasteiger partial charge in [0, 0.05) is 0 Å². The minimum absolute atomic E-state index is 0.165. The minimum Gasteiger partial charge on any atom is -0.212 e. The van der Waals surface area contributed by atoms with Crippen LogP contribution < -0.4 is 0 Å². The highest BCUT2D eigenvalue weighted by Crippen LogP contribution is 2.02. The van der Waals surface area contributed by atoms with Crippen molar-refractivity contribution < 1.29 is 4.39 Å². The van der Waals surface area contributed by atoms with Crippen molar-refractivity contribution in [3.63, 3.8) is 0 Å². The Morgan fingerprint density at radius 2 is 1.50 bits per heavy atom. The predicted octanol–water partition coefficient (Wildman–Crippen LogP) is 4.57. The van der Waals surface area contributed by atoms with E-state index in [0.717, 1.165) is 0 Å². The highest BCUT2D eigenvalue weighted by Gasteiger charge is 1.86. The lowest BCUT2D eigenvalue weighted by atomic mass is 10.1. The van der Waals surface area contributed by atoms with Gasteiger partial charge in [0.05, 0.1) is 5.83 Å². The van der Waals surface area contributed by atoms with Crippen LogP contribution in [-0.4, -0.2) is 0 Å². The summed E-state index contributed by atoms with van der Waals surface area (Å²) >= 11 is 0. The van der Waals surface area contributed by atoms with E-state index in [0.29, 0.717) is 5.92 Å². The summed E-state index contributed by atoms with van der Waals surface area (Å²) in [6, 6.07) is 0. The first-order valence-corrected chi connectivity index (χ1v) is 4.84. The van der Waals surface area contributed by atoms with Crippen LogP contribution >= 0.6 is 0 Å². The van der Waals surface area contributed by atoms with Crippen molar-refractivity contribution in [1.29, 1.82) is 0 Å². The Labute approximate surface area is 86.5 Å². The Balaban J connectivity index is 4.04. The standard InChI is InChI=1S/C13H19F/c1-11(2)7-5-8-12(3)9-6-10-13(4)14/h5-10,12H,1-4H3/b8-5-,9-6-,13-10+. The van der Waals surface area contributed by atoms with Gasteiger partial charge >= 0.3 is 0 Å². The molecular formula is C13H19F. The average molecular weight is 194 g/mol. The predicted molar refractivity (Wildman–Crippen MR) is 61.7 cm³/mol. The molecule has 0 aliphatic rings. The molecule has 0 fully saturated rings. The molecule has 0 spiro atoms. The molecule has 0 heterocycles. The van der Waals surface area contributed by atoms with E-state index in [4.69, 9.17) is 0 Å². The van der Waals surface area contributed by atoms with E-state index in [1.165, 1.54) is 18.6 Å². The Hall–Kier alpha value is -1.11. The first-order valence-electron chi connectivity index (χ1n) is 4.84. The van der Waals surface area contributed by atoms with E-state index in [9.17, 15) is 4.39 Å². The van der Waals surface area contributed by atoms with E-state index in [1.54, 1.807) is 6.08 Å². The third-order valence-electron chi connectivity index (χ3n) is 1.58. The fourth-order valence-electron chi connectivity index (χ4n) is 0.851. The lowest BCUT2D eigenvalue weighted by molar-refractivity contribution is 0.640. The van der Waals surface area contributed by atoms with Crippen LogP contribution in [-0.2, 0) is 0 Å². The molecule has 0 bridgehead atoms. The zero-order valence-electron chi connectivity index (χ0n) is 9.42. The molecule has 0 saturated carbocycles. The van der Waals surface area contributed by atoms with Crippen molar-refractivity contribution in [1.82, 2.24) is 0 Å². The molecule has 0 amide bonds. The largest absolute Gasteiger partial charge is 0.212 e. The Morgan fingerprint density at radius 1 is 1.00 bits per heavy atom. The van der Waals surface area contributed by atoms with E-state index < -0.39 is 0 Å². The zero-order chi connectivity index (χ0) is 11.0. The van der Waals surface area contributed by atoms with Crippen molar-refractivity contribution in [2.24, 2.45) is 5.92 Å². The highest BCUT2D eigenvalue weighted by atomic mass is 19.1. The summed E-state index contributed by atoms with van der Waals surface area (Å²) in [4.78, 5) is 0. The number of hydrogen-bond acceptors (Lipinski definition) is 0. The van der Waals surface area contributed by atoms with Crippen LogP contribution in [0.5, 0.6) is 0 Å². The normalized spacial score (nSPS) is 15.1. The van der Waals surface area contributed by atoms with Crippen LogP contribution in [0.4, 0.5) is 4.39 Å². The summed E-state index contributed by atoms with van der Waals surface area (Å²) in [6.07, 6.45) is 11.3. The van der Waals surface area contributed by atoms with Gasteiger partial charge in [-0.3, -0.25) is 0 Å². The molecule has 1 unspecified atom stereocenters. The first kappa shape index (κ1) is 12.9. The van der Waals surface area contributed by atoms with Crippen molar-refractivity contribution in [2.45, 2.75) is 27.7 Å². The van der Waals surface area contributed by atoms with E-state index in [-0.39, 0.29) is 5.83 Å². The van der Waals surface area contributed by atoms with Crippen molar-refractivity contribution in [2.75, 3.05) is 0 Å². The van der Waals surface area contributed by atoms with Crippen LogP contribution in [0.1, 0.15) is 27.7 Å². The number of hydrogen-bond donors (Lipinski definition) is 0. The van der Waals surface area contributed by atoms with E-state index >= 15 is 0 Å². The quantitative estimate of drug-likeness (QED) is 0.575. The van der Waals surface area contributed by atoms with Crippen molar-refractivity contribution in [3.05, 3.63) is 47.9 Å². The fourth-order valence-corrected chi connectivity index (χ4v) is 0.851. The summed E-state index contributed by atoms with van der Waals surface area (Å²) < 4.78 is 12.3. The third-order valence-corrected chi connectivity index (χ3v) is 1.58. The van der Waals surface area contributed by atoms with Gasteiger partial charge in [0.25, 0.3) is 0 Å². The molecule has 0 radical (unpaired) electrons. The van der Waals surface area contributed by atoms with E-state index in [1.807, 2.05) is 12.2 Å². The van der Waals surface area contributed by atoms with Gasteiger partial charge in [0.1, 0.15) is 0 Å². The van der Waals surface area contributed by atoms with Gasteiger partial charge < -0.3 is 0 Å². The van der Waals surface area contributed by atoms with Gasteiger partial charge in [-0.25, -0.2) is 4.39 Å². The van der Waals surface area contributed by atoms with Crippen LogP contribution in [0, 0.1) is 5.92 Å². The van der Waals surface area contributed by atoms with Gasteiger partial charge in [0.2, 0.25) is 0 Å². The SMILES string of the molecule is CC(C)=C/C=C\C(C)/C=C\C=C(/C)F. The molecule has 1 heteroatoms. The second-order valence-corrected chi connectivity index (χ2v) is 3.63. The summed E-state index contributed by atoms with van der Waals surface area (Å²) in [5.41, 5.74) is 1.27. The Bertz CT molecular complexity index is 231. The number of rotatable bonds is 4. The van der Waals surface area contributed by atoms with Gasteiger partial charge in [-0.2, -0.15) is 0 Å². The van der Waals surface area contributed by atoms with Gasteiger partial charge in [0.15, 0.2) is 0 Å². The van der Waals surface area contributed by atoms with Crippen LogP contribution in [0.25, 0.3) is 0 Å². The van der Waals surface area contributed by atoms with Gasteiger partial charge in [-0.05, 0) is 32.8 Å². The Morgan fingerprint density at radius 3 is 1.93 bits per heavy atom. The smallest absolute Gasteiger partial charge is 0.0968 e. The Kier molecular flexibility index (Phi) is 6.73. The first-order chi connectivity index (χ1) is 6.52. The summed E-state index contributed by atoms with van der Waals surface area (Å²) in [7, 11) is 0. The topological polar surface area (TPSA) is 0 Å². The maximum Gasteiger partial charge on any atom is 0.0968 e. The van der Waals surface area contributed by atoms with E-state index in [2.05, 4.69) is 32.9 Å². The molecular weight excluding hydrogens is 175 g/mol. The fraction of sp³-hybridized carbons (Fsp3) is 0.385. The van der Waals surface area contributed by atoms with Crippen molar-refractivity contribution in [3.8, 4) is 0 Å². The molecule has 0 aromatic carbocycles. The molecule has 1 atom stereocenters. The maximum atomic E-state index is 12.3. The summed E-state index contributed by atoms with van der Waals surface area (Å²) in [5, 5.41) is 0. The van der Waals surface area contributed by atoms with Crippen LogP contribution in [0.2, 0.25) is 0 Å². The molecule has 0 rings (SSSR count). The molecule has 0 aromatic heterocycles. The molecule has 0 nitrogen and oxygen atoms in total. The third kappa shape index (κ3) is 8.98. The lowest BCUT2D eigenvalue weighted by Crippen LogP contribution is -1.80. The monoisotopic (exact) mass is 194 g/mol. The van der Waals surface area contributed by atoms with Gasteiger partial charge in [-0.1, -0.05) is 42.9 Å². The molecule has 14 heavy (non-hydrogen) atoms. The summed E-state index contributed by atoms with van der Waals surface area (Å²) in [5.74, 6) is 0.169. The lowest BCUT2D eigenvalue weighted by Gasteiger charge is -1.94. The zero-order valence-corrected chi connectivity index (χ0v) is 9.42. The molecule has 0 aliphatic carbocycles. The van der Waals surface area contributed by atoms with Crippen LogP contribution in [0.3, 0.4) is 0 Å². The molecule has 78 valence electrons. The minimum atomic E-state index is -0.165. The van der Waals surface area contributed by atoms with Crippen LogP contribution in [0.15, 0.2) is 47.9 Å². The maximum absolute atomic E-state index is 12.3. The number of allylic oxidation sites excluding steroid dienone is 8. The molecule has 0 aromatic rings. The summed E-state index contributed by atoms with van der Waals surface area (Å²) in [6.45, 7) is 7.61. The highest BCUT2D eigenvalue weighted by molar-refractivity contribution is 5.13.